The summed E-state index contributed by atoms with van der Waals surface area (Å²) in [7, 11) is 3.19. The van der Waals surface area contributed by atoms with Gasteiger partial charge in [-0.1, -0.05) is 0 Å². The van der Waals surface area contributed by atoms with Gasteiger partial charge in [-0.05, 0) is 12.1 Å². The minimum absolute atomic E-state index is 0.00585. The van der Waals surface area contributed by atoms with Crippen molar-refractivity contribution in [3.63, 3.8) is 0 Å². The summed E-state index contributed by atoms with van der Waals surface area (Å²) in [5, 5.41) is 9.88. The summed E-state index contributed by atoms with van der Waals surface area (Å²) < 4.78 is 0. The topological polar surface area (TPSA) is 151 Å². The Morgan fingerprint density at radius 1 is 1.10 bits per heavy atom. The molecule has 0 aliphatic carbocycles. The molecule has 0 aliphatic heterocycles. The van der Waals surface area contributed by atoms with E-state index in [1.807, 2.05) is 0 Å². The highest BCUT2D eigenvalue weighted by Crippen LogP contribution is 2.19. The number of carbonyl (C=O) groups excluding carboxylic acids is 3. The molecule has 0 saturated heterocycles. The Hall–Kier alpha value is -3.27. The van der Waals surface area contributed by atoms with E-state index in [1.54, 1.807) is 26.4 Å². The van der Waals surface area contributed by atoms with Gasteiger partial charge in [0.05, 0.1) is 17.2 Å². The van der Waals surface area contributed by atoms with Crippen LogP contribution in [0.15, 0.2) is 24.5 Å². The number of aromatic amines is 2. The molecule has 2 aromatic rings. The number of nitrogens with two attached hydrogens (primary N) is 1. The van der Waals surface area contributed by atoms with Crippen LogP contribution in [0.5, 0.6) is 0 Å². The fourth-order valence-corrected chi connectivity index (χ4v) is 2.66. The van der Waals surface area contributed by atoms with Crippen LogP contribution in [0.3, 0.4) is 0 Å². The molecule has 0 bridgehead atoms. The maximum Gasteiger partial charge on any atom is 0.274 e. The van der Waals surface area contributed by atoms with Crippen LogP contribution in [0, 0.1) is 5.41 Å². The fourth-order valence-electron chi connectivity index (χ4n) is 2.49. The van der Waals surface area contributed by atoms with Gasteiger partial charge in [0.15, 0.2) is 0 Å². The molecule has 2 aromatic heterocycles. The standard InChI is InChI=1S/C18H24ClN7O3/c1-25(6-4-15(20)21)17(28)14-8-12(10-23-14)26(2)18(29)13-7-11(9-22-13)24-16(27)3-5-19/h7-10,22-23H,3-6H2,1-2H3,(H3,20,21)(H,24,27). The van der Waals surface area contributed by atoms with E-state index in [0.29, 0.717) is 23.6 Å². The minimum Gasteiger partial charge on any atom is -0.388 e. The predicted molar refractivity (Wildman–Crippen MR) is 112 cm³/mol. The second-order valence-corrected chi connectivity index (χ2v) is 6.80. The molecule has 2 rings (SSSR count). The van der Waals surface area contributed by atoms with Crippen molar-refractivity contribution in [1.29, 1.82) is 5.41 Å². The smallest absolute Gasteiger partial charge is 0.274 e. The Morgan fingerprint density at radius 2 is 1.76 bits per heavy atom. The first-order chi connectivity index (χ1) is 13.7. The molecule has 6 N–H and O–H groups in total. The van der Waals surface area contributed by atoms with E-state index < -0.39 is 0 Å². The summed E-state index contributed by atoms with van der Waals surface area (Å²) in [5.74, 6) is -0.642. The number of amides is 3. The largest absolute Gasteiger partial charge is 0.388 e. The second kappa shape index (κ2) is 9.78. The van der Waals surface area contributed by atoms with Crippen molar-refractivity contribution in [3.8, 4) is 0 Å². The Kier molecular flexibility index (Phi) is 7.43. The van der Waals surface area contributed by atoms with Crippen molar-refractivity contribution in [2.75, 3.05) is 36.7 Å². The average molecular weight is 422 g/mol. The number of rotatable bonds is 9. The lowest BCUT2D eigenvalue weighted by Gasteiger charge is -2.16. The van der Waals surface area contributed by atoms with Crippen LogP contribution in [0.2, 0.25) is 0 Å². The van der Waals surface area contributed by atoms with E-state index >= 15 is 0 Å². The van der Waals surface area contributed by atoms with Crippen LogP contribution in [0.25, 0.3) is 0 Å². The van der Waals surface area contributed by atoms with E-state index in [2.05, 4.69) is 15.3 Å². The Labute approximate surface area is 172 Å². The Bertz CT molecular complexity index is 905. The molecule has 0 radical (unpaired) electrons. The van der Waals surface area contributed by atoms with Crippen LogP contribution >= 0.6 is 11.6 Å². The summed E-state index contributed by atoms with van der Waals surface area (Å²) in [6.45, 7) is 0.317. The van der Waals surface area contributed by atoms with Gasteiger partial charge < -0.3 is 30.8 Å². The molecule has 0 atom stereocenters. The molecule has 29 heavy (non-hydrogen) atoms. The van der Waals surface area contributed by atoms with E-state index in [4.69, 9.17) is 22.7 Å². The Balaban J connectivity index is 2.03. The number of carbonyl (C=O) groups is 3. The van der Waals surface area contributed by atoms with Crippen molar-refractivity contribution < 1.29 is 14.4 Å². The number of amidine groups is 1. The molecule has 11 heteroatoms. The molecule has 3 amide bonds. The molecule has 156 valence electrons. The monoisotopic (exact) mass is 421 g/mol. The first-order valence-corrected chi connectivity index (χ1v) is 9.35. The fraction of sp³-hybridized carbons (Fsp3) is 0.333. The normalized spacial score (nSPS) is 10.4. The van der Waals surface area contributed by atoms with Gasteiger partial charge in [0.1, 0.15) is 11.4 Å². The van der Waals surface area contributed by atoms with Gasteiger partial charge in [-0.2, -0.15) is 0 Å². The van der Waals surface area contributed by atoms with Gasteiger partial charge in [0, 0.05) is 51.8 Å². The molecule has 0 saturated carbocycles. The maximum atomic E-state index is 12.7. The summed E-state index contributed by atoms with van der Waals surface area (Å²) >= 11 is 5.53. The number of halogens is 1. The summed E-state index contributed by atoms with van der Waals surface area (Å²) in [6.07, 6.45) is 3.53. The second-order valence-electron chi connectivity index (χ2n) is 6.43. The molecule has 0 fully saturated rings. The first kappa shape index (κ1) is 22.0. The summed E-state index contributed by atoms with van der Waals surface area (Å²) in [4.78, 5) is 45.2. The molecule has 0 aliphatic rings. The summed E-state index contributed by atoms with van der Waals surface area (Å²) in [6, 6.07) is 3.09. The number of alkyl halides is 1. The van der Waals surface area contributed by atoms with Crippen molar-refractivity contribution in [3.05, 3.63) is 35.9 Å². The van der Waals surface area contributed by atoms with Crippen LogP contribution in [0.1, 0.15) is 33.8 Å². The molecule has 2 heterocycles. The van der Waals surface area contributed by atoms with E-state index in [9.17, 15) is 14.4 Å². The number of nitrogens with zero attached hydrogens (tertiary/aromatic N) is 2. The van der Waals surface area contributed by atoms with Gasteiger partial charge in [0.25, 0.3) is 11.8 Å². The molecule has 0 unspecified atom stereocenters. The van der Waals surface area contributed by atoms with Gasteiger partial charge in [-0.3, -0.25) is 19.8 Å². The molecule has 0 aromatic carbocycles. The van der Waals surface area contributed by atoms with Crippen molar-refractivity contribution in [2.45, 2.75) is 12.8 Å². The van der Waals surface area contributed by atoms with Crippen LogP contribution in [-0.2, 0) is 4.79 Å². The number of aromatic nitrogens is 2. The van der Waals surface area contributed by atoms with Gasteiger partial charge >= 0.3 is 0 Å². The SMILES string of the molecule is CN(CCC(=N)N)C(=O)c1cc(N(C)C(=O)c2cc(NC(=O)CCCl)c[nH]2)c[nH]1. The predicted octanol–water partition coefficient (Wildman–Crippen LogP) is 1.58. The lowest BCUT2D eigenvalue weighted by Crippen LogP contribution is -2.30. The van der Waals surface area contributed by atoms with Gasteiger partial charge in [0.2, 0.25) is 5.91 Å². The van der Waals surface area contributed by atoms with Crippen molar-refractivity contribution in [1.82, 2.24) is 14.9 Å². The number of anilines is 2. The quantitative estimate of drug-likeness (QED) is 0.237. The van der Waals surface area contributed by atoms with Crippen LogP contribution in [0.4, 0.5) is 11.4 Å². The highest BCUT2D eigenvalue weighted by atomic mass is 35.5. The Morgan fingerprint density at radius 3 is 2.41 bits per heavy atom. The third kappa shape index (κ3) is 5.85. The first-order valence-electron chi connectivity index (χ1n) is 8.82. The average Bonchev–Trinajstić information content (AvgIpc) is 3.34. The van der Waals surface area contributed by atoms with Gasteiger partial charge in [-0.15, -0.1) is 11.6 Å². The highest BCUT2D eigenvalue weighted by Gasteiger charge is 2.20. The third-order valence-electron chi connectivity index (χ3n) is 4.17. The van der Waals surface area contributed by atoms with E-state index in [0.717, 1.165) is 0 Å². The number of H-pyrrole nitrogens is 2. The number of hydrogen-bond acceptors (Lipinski definition) is 4. The van der Waals surface area contributed by atoms with E-state index in [-0.39, 0.29) is 48.0 Å². The third-order valence-corrected chi connectivity index (χ3v) is 4.36. The number of nitrogens with one attached hydrogen (secondary N) is 4. The number of hydrogen-bond donors (Lipinski definition) is 5. The molecular weight excluding hydrogens is 398 g/mol. The van der Waals surface area contributed by atoms with E-state index in [1.165, 1.54) is 22.1 Å². The summed E-state index contributed by atoms with van der Waals surface area (Å²) in [5.41, 5.74) is 6.87. The lowest BCUT2D eigenvalue weighted by molar-refractivity contribution is -0.115. The lowest BCUT2D eigenvalue weighted by atomic mass is 10.3. The molecular formula is C18H24ClN7O3. The highest BCUT2D eigenvalue weighted by molar-refractivity contribution is 6.19. The zero-order valence-electron chi connectivity index (χ0n) is 16.2. The zero-order valence-corrected chi connectivity index (χ0v) is 17.0. The van der Waals surface area contributed by atoms with Crippen LogP contribution in [-0.4, -0.2) is 64.9 Å². The van der Waals surface area contributed by atoms with Crippen molar-refractivity contribution >= 4 is 46.5 Å². The van der Waals surface area contributed by atoms with Crippen molar-refractivity contribution in [2.24, 2.45) is 5.73 Å². The maximum absolute atomic E-state index is 12.7. The van der Waals surface area contributed by atoms with Gasteiger partial charge in [-0.25, -0.2) is 0 Å². The van der Waals surface area contributed by atoms with Crippen LogP contribution < -0.4 is 16.0 Å². The molecule has 10 nitrogen and oxygen atoms in total. The zero-order chi connectivity index (χ0) is 21.6. The molecule has 0 spiro atoms. The minimum atomic E-state index is -0.342.